The Bertz CT molecular complexity index is 461. The van der Waals surface area contributed by atoms with Gasteiger partial charge in [-0.3, -0.25) is 4.79 Å². The number of rotatable bonds is 3. The Morgan fingerprint density at radius 3 is 2.74 bits per heavy atom. The fraction of sp³-hybridized carbons (Fsp3) is 0.500. The van der Waals surface area contributed by atoms with Crippen molar-refractivity contribution in [2.75, 3.05) is 24.5 Å². The monoisotopic (exact) mass is 284 g/mol. The number of nitrogens with one attached hydrogen (secondary N) is 1. The average molecular weight is 285 g/mol. The summed E-state index contributed by atoms with van der Waals surface area (Å²) in [5.74, 6) is -0.388. The smallest absolute Gasteiger partial charge is 0.230 e. The Balaban J connectivity index is 2.18. The highest BCUT2D eigenvalue weighted by atomic mass is 35.5. The van der Waals surface area contributed by atoms with Gasteiger partial charge in [0.2, 0.25) is 5.91 Å². The molecule has 3 nitrogen and oxygen atoms in total. The van der Waals surface area contributed by atoms with Crippen LogP contribution in [-0.2, 0) is 4.79 Å². The molecule has 0 unspecified atom stereocenters. The van der Waals surface area contributed by atoms with Crippen LogP contribution in [0.3, 0.4) is 0 Å². The Labute approximate surface area is 117 Å². The van der Waals surface area contributed by atoms with E-state index >= 15 is 0 Å². The summed E-state index contributed by atoms with van der Waals surface area (Å²) >= 11 is 5.67. The van der Waals surface area contributed by atoms with Crippen LogP contribution in [0.15, 0.2) is 18.2 Å². The maximum absolute atomic E-state index is 13.5. The van der Waals surface area contributed by atoms with Crippen molar-refractivity contribution < 1.29 is 9.18 Å². The third-order valence-electron chi connectivity index (χ3n) is 3.49. The summed E-state index contributed by atoms with van der Waals surface area (Å²) in [5, 5.41) is 3.31. The van der Waals surface area contributed by atoms with Crippen LogP contribution >= 0.6 is 11.6 Å². The molecule has 1 aliphatic heterocycles. The van der Waals surface area contributed by atoms with Crippen LogP contribution in [0, 0.1) is 11.7 Å². The summed E-state index contributed by atoms with van der Waals surface area (Å²) in [4.78, 5) is 14.1. The minimum absolute atomic E-state index is 0.0277. The van der Waals surface area contributed by atoms with E-state index < -0.39 is 5.82 Å². The molecule has 0 atom stereocenters. The van der Waals surface area contributed by atoms with Gasteiger partial charge in [0.25, 0.3) is 0 Å². The van der Waals surface area contributed by atoms with Crippen LogP contribution in [0.2, 0.25) is 5.02 Å². The molecule has 1 aliphatic rings. The van der Waals surface area contributed by atoms with Gasteiger partial charge in [0, 0.05) is 18.2 Å². The van der Waals surface area contributed by atoms with Gasteiger partial charge in [0.05, 0.1) is 5.02 Å². The lowest BCUT2D eigenvalue weighted by molar-refractivity contribution is -0.123. The summed E-state index contributed by atoms with van der Waals surface area (Å²) in [6.45, 7) is 4.15. The van der Waals surface area contributed by atoms with Gasteiger partial charge in [-0.15, -0.1) is 0 Å². The second kappa shape index (κ2) is 6.35. The van der Waals surface area contributed by atoms with Crippen molar-refractivity contribution in [2.24, 2.45) is 5.92 Å². The van der Waals surface area contributed by atoms with Crippen molar-refractivity contribution in [3.63, 3.8) is 0 Å². The predicted molar refractivity (Wildman–Crippen MR) is 75.0 cm³/mol. The Morgan fingerprint density at radius 1 is 1.47 bits per heavy atom. The van der Waals surface area contributed by atoms with E-state index in [9.17, 15) is 9.18 Å². The zero-order chi connectivity index (χ0) is 13.8. The molecular formula is C14H18ClFN2O. The molecule has 1 aromatic rings. The van der Waals surface area contributed by atoms with Gasteiger partial charge < -0.3 is 10.2 Å². The van der Waals surface area contributed by atoms with Crippen LogP contribution in [0.1, 0.15) is 19.8 Å². The Hall–Kier alpha value is -1.13. The molecule has 0 radical (unpaired) electrons. The maximum Gasteiger partial charge on any atom is 0.230 e. The second-order valence-corrected chi connectivity index (χ2v) is 5.11. The van der Waals surface area contributed by atoms with E-state index in [1.165, 1.54) is 12.1 Å². The summed E-state index contributed by atoms with van der Waals surface area (Å²) in [6.07, 6.45) is 1.68. The summed E-state index contributed by atoms with van der Waals surface area (Å²) in [5.41, 5.74) is 0.577. The molecule has 0 spiro atoms. The number of piperidine rings is 1. The number of hydrogen-bond acceptors (Lipinski definition) is 2. The van der Waals surface area contributed by atoms with E-state index in [1.807, 2.05) is 6.92 Å². The van der Waals surface area contributed by atoms with Gasteiger partial charge in [0.15, 0.2) is 0 Å². The number of carbonyl (C=O) groups is 1. The third kappa shape index (κ3) is 3.25. The number of amides is 1. The van der Waals surface area contributed by atoms with Crippen LogP contribution in [0.4, 0.5) is 10.1 Å². The first kappa shape index (κ1) is 14.3. The van der Waals surface area contributed by atoms with Crippen molar-refractivity contribution in [1.29, 1.82) is 0 Å². The zero-order valence-electron chi connectivity index (χ0n) is 11.0. The first-order valence-corrected chi connectivity index (χ1v) is 6.98. The quantitative estimate of drug-likeness (QED) is 0.926. The van der Waals surface area contributed by atoms with Crippen LogP contribution in [0.25, 0.3) is 0 Å². The van der Waals surface area contributed by atoms with E-state index in [1.54, 1.807) is 11.0 Å². The fourth-order valence-corrected chi connectivity index (χ4v) is 2.53. The van der Waals surface area contributed by atoms with E-state index in [4.69, 9.17) is 11.6 Å². The minimum atomic E-state index is -0.490. The topological polar surface area (TPSA) is 32.3 Å². The van der Waals surface area contributed by atoms with Crippen molar-refractivity contribution in [2.45, 2.75) is 19.8 Å². The van der Waals surface area contributed by atoms with Gasteiger partial charge >= 0.3 is 0 Å². The van der Waals surface area contributed by atoms with Gasteiger partial charge in [-0.1, -0.05) is 11.6 Å². The number of carbonyl (C=O) groups excluding carboxylic acids is 1. The number of benzene rings is 1. The van der Waals surface area contributed by atoms with Crippen LogP contribution in [0.5, 0.6) is 0 Å². The highest BCUT2D eigenvalue weighted by Gasteiger charge is 2.26. The summed E-state index contributed by atoms with van der Waals surface area (Å²) < 4.78 is 13.5. The van der Waals surface area contributed by atoms with E-state index in [2.05, 4.69) is 5.32 Å². The fourth-order valence-electron chi connectivity index (χ4n) is 2.41. The van der Waals surface area contributed by atoms with Gasteiger partial charge in [-0.05, 0) is 51.1 Å². The molecule has 0 aliphatic carbocycles. The van der Waals surface area contributed by atoms with Crippen LogP contribution < -0.4 is 10.2 Å². The molecule has 2 rings (SSSR count). The first-order valence-electron chi connectivity index (χ1n) is 6.60. The number of hydrogen-bond donors (Lipinski definition) is 1. The van der Waals surface area contributed by atoms with Crippen molar-refractivity contribution in [3.8, 4) is 0 Å². The number of nitrogens with zero attached hydrogens (tertiary/aromatic N) is 1. The predicted octanol–water partition coefficient (Wildman–Crippen LogP) is 2.83. The molecule has 5 heteroatoms. The minimum Gasteiger partial charge on any atom is -0.317 e. The molecule has 104 valence electrons. The zero-order valence-corrected chi connectivity index (χ0v) is 11.7. The summed E-state index contributed by atoms with van der Waals surface area (Å²) in [7, 11) is 0. The average Bonchev–Trinajstić information content (AvgIpc) is 2.44. The summed E-state index contributed by atoms with van der Waals surface area (Å²) in [6, 6.07) is 4.50. The SMILES string of the molecule is CCN(C(=O)C1CCNCC1)c1ccc(Cl)c(F)c1. The van der Waals surface area contributed by atoms with Gasteiger partial charge in [0.1, 0.15) is 5.82 Å². The Kier molecular flexibility index (Phi) is 4.77. The van der Waals surface area contributed by atoms with Crippen molar-refractivity contribution >= 4 is 23.2 Å². The maximum atomic E-state index is 13.5. The van der Waals surface area contributed by atoms with E-state index in [0.29, 0.717) is 12.2 Å². The lowest BCUT2D eigenvalue weighted by atomic mass is 9.96. The molecule has 19 heavy (non-hydrogen) atoms. The molecular weight excluding hydrogens is 267 g/mol. The van der Waals surface area contributed by atoms with Crippen LogP contribution in [-0.4, -0.2) is 25.5 Å². The standard InChI is InChI=1S/C14H18ClFN2O/c1-2-18(11-3-4-12(15)13(16)9-11)14(19)10-5-7-17-8-6-10/h3-4,9-10,17H,2,5-8H2,1H3. The molecule has 1 N–H and O–H groups in total. The van der Waals surface area contributed by atoms with E-state index in [-0.39, 0.29) is 16.8 Å². The molecule has 1 heterocycles. The van der Waals surface area contributed by atoms with Crippen molar-refractivity contribution in [1.82, 2.24) is 5.32 Å². The third-order valence-corrected chi connectivity index (χ3v) is 3.79. The first-order chi connectivity index (χ1) is 9.13. The lowest BCUT2D eigenvalue weighted by Gasteiger charge is -2.29. The molecule has 0 aromatic heterocycles. The largest absolute Gasteiger partial charge is 0.317 e. The normalized spacial score (nSPS) is 16.4. The molecule has 1 fully saturated rings. The van der Waals surface area contributed by atoms with Crippen molar-refractivity contribution in [3.05, 3.63) is 29.0 Å². The molecule has 1 saturated heterocycles. The number of anilines is 1. The van der Waals surface area contributed by atoms with Gasteiger partial charge in [-0.25, -0.2) is 4.39 Å². The molecule has 1 amide bonds. The second-order valence-electron chi connectivity index (χ2n) is 4.71. The molecule has 0 saturated carbocycles. The Morgan fingerprint density at radius 2 is 2.16 bits per heavy atom. The molecule has 1 aromatic carbocycles. The van der Waals surface area contributed by atoms with Gasteiger partial charge in [-0.2, -0.15) is 0 Å². The van der Waals surface area contributed by atoms with E-state index in [0.717, 1.165) is 25.9 Å². The number of halogens is 2. The lowest BCUT2D eigenvalue weighted by Crippen LogP contribution is -2.41. The highest BCUT2D eigenvalue weighted by Crippen LogP contribution is 2.25. The molecule has 0 bridgehead atoms. The highest BCUT2D eigenvalue weighted by molar-refractivity contribution is 6.30.